The van der Waals surface area contributed by atoms with Gasteiger partial charge in [-0.3, -0.25) is 4.90 Å². The minimum absolute atomic E-state index is 0.0558. The predicted molar refractivity (Wildman–Crippen MR) is 74.4 cm³/mol. The fraction of sp³-hybridized carbons (Fsp3) is 0.600. The first kappa shape index (κ1) is 12.9. The number of rotatable bonds is 4. The van der Waals surface area contributed by atoms with Gasteiger partial charge in [0.15, 0.2) is 0 Å². The molecule has 1 fully saturated rings. The zero-order valence-electron chi connectivity index (χ0n) is 11.5. The molecular formula is C15H22N2O2. The Hall–Kier alpha value is -1.10. The highest BCUT2D eigenvalue weighted by molar-refractivity contribution is 5.33. The summed E-state index contributed by atoms with van der Waals surface area (Å²) in [5.74, 6) is 1.03. The predicted octanol–water partition coefficient (Wildman–Crippen LogP) is 1.26. The maximum atomic E-state index is 5.95. The van der Waals surface area contributed by atoms with E-state index in [4.69, 9.17) is 9.47 Å². The highest BCUT2D eigenvalue weighted by Gasteiger charge is 2.32. The highest BCUT2D eigenvalue weighted by Crippen LogP contribution is 2.22. The third-order valence-electron chi connectivity index (χ3n) is 3.89. The van der Waals surface area contributed by atoms with Crippen LogP contribution in [0.1, 0.15) is 12.5 Å². The van der Waals surface area contributed by atoms with Crippen LogP contribution in [0.25, 0.3) is 0 Å². The molecular weight excluding hydrogens is 240 g/mol. The van der Waals surface area contributed by atoms with Gasteiger partial charge in [-0.05, 0) is 13.0 Å². The van der Waals surface area contributed by atoms with Crippen molar-refractivity contribution in [2.24, 2.45) is 0 Å². The standard InChI is InChI=1S/C15H22N2O2/c1-15(11-16-12-15)19-9-7-17-6-8-18-14-5-3-2-4-13(14)10-17/h2-5,16H,6-12H2,1H3. The monoisotopic (exact) mass is 262 g/mol. The lowest BCUT2D eigenvalue weighted by Gasteiger charge is -2.39. The third kappa shape index (κ3) is 3.08. The van der Waals surface area contributed by atoms with Gasteiger partial charge in [0.1, 0.15) is 12.4 Å². The molecule has 2 heterocycles. The van der Waals surface area contributed by atoms with E-state index in [0.29, 0.717) is 0 Å². The van der Waals surface area contributed by atoms with Crippen molar-refractivity contribution in [2.75, 3.05) is 39.4 Å². The first-order chi connectivity index (χ1) is 9.25. The van der Waals surface area contributed by atoms with Gasteiger partial charge in [0.25, 0.3) is 0 Å². The van der Waals surface area contributed by atoms with Crippen molar-refractivity contribution in [3.05, 3.63) is 29.8 Å². The molecule has 0 atom stereocenters. The number of ether oxygens (including phenoxy) is 2. The lowest BCUT2D eigenvalue weighted by molar-refractivity contribution is -0.0726. The van der Waals surface area contributed by atoms with Gasteiger partial charge in [-0.25, -0.2) is 0 Å². The summed E-state index contributed by atoms with van der Waals surface area (Å²) < 4.78 is 11.7. The van der Waals surface area contributed by atoms with E-state index < -0.39 is 0 Å². The lowest BCUT2D eigenvalue weighted by Crippen LogP contribution is -2.59. The van der Waals surface area contributed by atoms with Gasteiger partial charge in [0.05, 0.1) is 12.2 Å². The summed E-state index contributed by atoms with van der Waals surface area (Å²) in [6.07, 6.45) is 0. The second-order valence-electron chi connectivity index (χ2n) is 5.63. The van der Waals surface area contributed by atoms with Gasteiger partial charge < -0.3 is 14.8 Å². The van der Waals surface area contributed by atoms with Crippen molar-refractivity contribution in [3.63, 3.8) is 0 Å². The van der Waals surface area contributed by atoms with Crippen molar-refractivity contribution in [1.29, 1.82) is 0 Å². The summed E-state index contributed by atoms with van der Waals surface area (Å²) in [6, 6.07) is 8.30. The molecule has 0 saturated carbocycles. The van der Waals surface area contributed by atoms with E-state index in [2.05, 4.69) is 35.3 Å². The van der Waals surface area contributed by atoms with E-state index in [1.165, 1.54) is 5.56 Å². The van der Waals surface area contributed by atoms with Crippen LogP contribution in [0.2, 0.25) is 0 Å². The average molecular weight is 262 g/mol. The second-order valence-corrected chi connectivity index (χ2v) is 5.63. The first-order valence-corrected chi connectivity index (χ1v) is 7.03. The molecule has 0 aliphatic carbocycles. The molecule has 0 unspecified atom stereocenters. The van der Waals surface area contributed by atoms with Crippen LogP contribution in [-0.4, -0.2) is 49.9 Å². The average Bonchev–Trinajstić information content (AvgIpc) is 2.58. The minimum atomic E-state index is 0.0558. The zero-order valence-corrected chi connectivity index (χ0v) is 11.5. The molecule has 4 heteroatoms. The maximum Gasteiger partial charge on any atom is 0.123 e. The fourth-order valence-electron chi connectivity index (χ4n) is 2.57. The van der Waals surface area contributed by atoms with Gasteiger partial charge in [0, 0.05) is 38.3 Å². The number of nitrogens with one attached hydrogen (secondary N) is 1. The summed E-state index contributed by atoms with van der Waals surface area (Å²) >= 11 is 0. The van der Waals surface area contributed by atoms with Crippen LogP contribution in [0.15, 0.2) is 24.3 Å². The van der Waals surface area contributed by atoms with Gasteiger partial charge in [-0.2, -0.15) is 0 Å². The van der Waals surface area contributed by atoms with Gasteiger partial charge in [-0.15, -0.1) is 0 Å². The van der Waals surface area contributed by atoms with Crippen LogP contribution in [-0.2, 0) is 11.3 Å². The second kappa shape index (κ2) is 5.49. The van der Waals surface area contributed by atoms with Crippen molar-refractivity contribution in [2.45, 2.75) is 19.1 Å². The molecule has 4 nitrogen and oxygen atoms in total. The van der Waals surface area contributed by atoms with E-state index in [1.54, 1.807) is 0 Å². The van der Waals surface area contributed by atoms with Gasteiger partial charge in [0.2, 0.25) is 0 Å². The summed E-state index contributed by atoms with van der Waals surface area (Å²) in [4.78, 5) is 2.40. The Balaban J connectivity index is 1.51. The van der Waals surface area contributed by atoms with E-state index in [1.807, 2.05) is 6.07 Å². The Morgan fingerprint density at radius 2 is 2.21 bits per heavy atom. The van der Waals surface area contributed by atoms with Crippen molar-refractivity contribution >= 4 is 0 Å². The fourth-order valence-corrected chi connectivity index (χ4v) is 2.57. The van der Waals surface area contributed by atoms with E-state index >= 15 is 0 Å². The third-order valence-corrected chi connectivity index (χ3v) is 3.89. The Morgan fingerprint density at radius 3 is 3.00 bits per heavy atom. The van der Waals surface area contributed by atoms with Crippen LogP contribution in [0.5, 0.6) is 5.75 Å². The van der Waals surface area contributed by atoms with E-state index in [9.17, 15) is 0 Å². The van der Waals surface area contributed by atoms with Crippen LogP contribution >= 0.6 is 0 Å². The molecule has 104 valence electrons. The number of benzene rings is 1. The molecule has 3 rings (SSSR count). The number of para-hydroxylation sites is 1. The largest absolute Gasteiger partial charge is 0.492 e. The summed E-state index contributed by atoms with van der Waals surface area (Å²) in [7, 11) is 0. The molecule has 0 aromatic heterocycles. The molecule has 2 aliphatic heterocycles. The smallest absolute Gasteiger partial charge is 0.123 e. The quantitative estimate of drug-likeness (QED) is 0.886. The maximum absolute atomic E-state index is 5.95. The van der Waals surface area contributed by atoms with Crippen molar-refractivity contribution < 1.29 is 9.47 Å². The summed E-state index contributed by atoms with van der Waals surface area (Å²) in [6.45, 7) is 8.55. The van der Waals surface area contributed by atoms with E-state index in [0.717, 1.165) is 51.7 Å². The molecule has 1 saturated heterocycles. The van der Waals surface area contributed by atoms with Crippen LogP contribution in [0, 0.1) is 0 Å². The lowest BCUT2D eigenvalue weighted by atomic mass is 10.0. The Morgan fingerprint density at radius 1 is 1.37 bits per heavy atom. The summed E-state index contributed by atoms with van der Waals surface area (Å²) in [5.41, 5.74) is 1.33. The molecule has 1 aromatic rings. The number of hydrogen-bond acceptors (Lipinski definition) is 4. The van der Waals surface area contributed by atoms with Crippen LogP contribution < -0.4 is 10.1 Å². The zero-order chi connectivity index (χ0) is 13.1. The van der Waals surface area contributed by atoms with Crippen molar-refractivity contribution in [1.82, 2.24) is 10.2 Å². The summed E-state index contributed by atoms with van der Waals surface area (Å²) in [5, 5.41) is 3.25. The molecule has 1 N–H and O–H groups in total. The molecule has 0 amide bonds. The minimum Gasteiger partial charge on any atom is -0.492 e. The normalized spacial score (nSPS) is 21.9. The van der Waals surface area contributed by atoms with Crippen molar-refractivity contribution in [3.8, 4) is 5.75 Å². The molecule has 0 bridgehead atoms. The Kier molecular flexibility index (Phi) is 3.73. The van der Waals surface area contributed by atoms with Crippen LogP contribution in [0.4, 0.5) is 0 Å². The number of nitrogens with zero attached hydrogens (tertiary/aromatic N) is 1. The van der Waals surface area contributed by atoms with Gasteiger partial charge >= 0.3 is 0 Å². The topological polar surface area (TPSA) is 33.7 Å². The molecule has 2 aliphatic rings. The van der Waals surface area contributed by atoms with Gasteiger partial charge in [-0.1, -0.05) is 18.2 Å². The number of hydrogen-bond donors (Lipinski definition) is 1. The molecule has 0 spiro atoms. The number of fused-ring (bicyclic) bond motifs is 1. The van der Waals surface area contributed by atoms with E-state index in [-0.39, 0.29) is 5.60 Å². The Bertz CT molecular complexity index is 432. The Labute approximate surface area is 114 Å². The molecule has 19 heavy (non-hydrogen) atoms. The first-order valence-electron chi connectivity index (χ1n) is 7.03. The SMILES string of the molecule is CC1(OCCN2CCOc3ccccc3C2)CNC1. The molecule has 0 radical (unpaired) electrons. The molecule has 1 aromatic carbocycles. The highest BCUT2D eigenvalue weighted by atomic mass is 16.5. The van der Waals surface area contributed by atoms with Crippen LogP contribution in [0.3, 0.4) is 0 Å².